The molecule has 2 aromatic rings. The Morgan fingerprint density at radius 3 is 2.47 bits per heavy atom. The summed E-state index contributed by atoms with van der Waals surface area (Å²) in [6, 6.07) is 13.5. The van der Waals surface area contributed by atoms with Gasteiger partial charge in [0.05, 0.1) is 10.7 Å². The summed E-state index contributed by atoms with van der Waals surface area (Å²) in [6.45, 7) is 0.525. The molecule has 0 fully saturated rings. The Balaban J connectivity index is 2.02. The van der Waals surface area contributed by atoms with E-state index in [-0.39, 0.29) is 0 Å². The number of halogens is 2. The molecule has 0 aliphatic rings. The number of nitrogens with two attached hydrogens (primary N) is 1. The third-order valence-electron chi connectivity index (χ3n) is 2.29. The van der Waals surface area contributed by atoms with Gasteiger partial charge in [-0.05, 0) is 52.4 Å². The van der Waals surface area contributed by atoms with E-state index in [1.54, 1.807) is 12.1 Å². The van der Waals surface area contributed by atoms with E-state index < -0.39 is 0 Å². The number of hydrogen-bond donors (Lipinski definition) is 1. The molecule has 0 saturated heterocycles. The second kappa shape index (κ2) is 5.60. The largest absolute Gasteiger partial charge is 0.489 e. The molecule has 0 amide bonds. The van der Waals surface area contributed by atoms with Gasteiger partial charge in [0, 0.05) is 9.64 Å². The molecule has 0 atom stereocenters. The van der Waals surface area contributed by atoms with Gasteiger partial charge in [-0.25, -0.2) is 0 Å². The first kappa shape index (κ1) is 12.5. The van der Waals surface area contributed by atoms with Gasteiger partial charge in [0.15, 0.2) is 0 Å². The first-order valence-corrected chi connectivity index (χ1v) is 6.53. The summed E-state index contributed by atoms with van der Waals surface area (Å²) in [7, 11) is 0. The van der Waals surface area contributed by atoms with E-state index in [1.165, 1.54) is 3.57 Å². The maximum Gasteiger partial charge on any atom is 0.121 e. The van der Waals surface area contributed by atoms with Gasteiger partial charge in [-0.3, -0.25) is 0 Å². The second-order valence-electron chi connectivity index (χ2n) is 3.60. The van der Waals surface area contributed by atoms with Crippen molar-refractivity contribution in [2.24, 2.45) is 0 Å². The number of anilines is 1. The van der Waals surface area contributed by atoms with Crippen molar-refractivity contribution < 1.29 is 4.74 Å². The highest BCUT2D eigenvalue weighted by molar-refractivity contribution is 14.1. The van der Waals surface area contributed by atoms with E-state index in [0.717, 1.165) is 11.3 Å². The molecule has 0 aliphatic heterocycles. The van der Waals surface area contributed by atoms with Gasteiger partial charge in [0.25, 0.3) is 0 Å². The highest BCUT2D eigenvalue weighted by Crippen LogP contribution is 2.24. The lowest BCUT2D eigenvalue weighted by Crippen LogP contribution is -1.96. The van der Waals surface area contributed by atoms with Crippen LogP contribution in [0.1, 0.15) is 5.56 Å². The normalized spacial score (nSPS) is 10.2. The Bertz CT molecular complexity index is 513. The molecule has 88 valence electrons. The van der Waals surface area contributed by atoms with Crippen LogP contribution in [0.3, 0.4) is 0 Å². The average molecular weight is 360 g/mol. The summed E-state index contributed by atoms with van der Waals surface area (Å²) in [4.78, 5) is 0. The van der Waals surface area contributed by atoms with Crippen molar-refractivity contribution in [1.82, 2.24) is 0 Å². The molecule has 0 bridgehead atoms. The molecule has 0 radical (unpaired) electrons. The van der Waals surface area contributed by atoms with Crippen LogP contribution < -0.4 is 10.5 Å². The van der Waals surface area contributed by atoms with Crippen molar-refractivity contribution in [2.45, 2.75) is 6.61 Å². The predicted molar refractivity (Wildman–Crippen MR) is 79.4 cm³/mol. The summed E-state index contributed by atoms with van der Waals surface area (Å²) in [5, 5.41) is 0.519. The zero-order valence-electron chi connectivity index (χ0n) is 8.99. The first-order chi connectivity index (χ1) is 8.15. The van der Waals surface area contributed by atoms with Gasteiger partial charge >= 0.3 is 0 Å². The molecule has 0 heterocycles. The Morgan fingerprint density at radius 1 is 1.12 bits per heavy atom. The smallest absolute Gasteiger partial charge is 0.121 e. The van der Waals surface area contributed by atoms with Gasteiger partial charge in [-0.15, -0.1) is 0 Å². The summed E-state index contributed by atoms with van der Waals surface area (Å²) >= 11 is 8.18. The molecule has 0 saturated carbocycles. The Labute approximate surface area is 119 Å². The fourth-order valence-corrected chi connectivity index (χ4v) is 1.88. The van der Waals surface area contributed by atoms with Crippen molar-refractivity contribution >= 4 is 39.9 Å². The third kappa shape index (κ3) is 3.51. The van der Waals surface area contributed by atoms with Crippen LogP contribution in [-0.2, 0) is 6.61 Å². The monoisotopic (exact) mass is 359 g/mol. The van der Waals surface area contributed by atoms with Crippen molar-refractivity contribution in [1.29, 1.82) is 0 Å². The van der Waals surface area contributed by atoms with Gasteiger partial charge in [0.1, 0.15) is 12.4 Å². The van der Waals surface area contributed by atoms with Crippen LogP contribution in [0, 0.1) is 3.57 Å². The molecule has 2 rings (SSSR count). The van der Waals surface area contributed by atoms with Crippen LogP contribution >= 0.6 is 34.2 Å². The van der Waals surface area contributed by atoms with E-state index >= 15 is 0 Å². The quantitative estimate of drug-likeness (QED) is 0.661. The van der Waals surface area contributed by atoms with Crippen LogP contribution in [-0.4, -0.2) is 0 Å². The minimum atomic E-state index is 0.519. The van der Waals surface area contributed by atoms with E-state index in [1.807, 2.05) is 18.2 Å². The zero-order valence-corrected chi connectivity index (χ0v) is 11.9. The summed E-state index contributed by atoms with van der Waals surface area (Å²) in [5.74, 6) is 0.725. The molecule has 4 heteroatoms. The van der Waals surface area contributed by atoms with Crippen molar-refractivity contribution in [2.75, 3.05) is 5.73 Å². The maximum absolute atomic E-state index is 5.91. The fourth-order valence-electron chi connectivity index (χ4n) is 1.34. The lowest BCUT2D eigenvalue weighted by atomic mass is 10.2. The molecule has 2 N–H and O–H groups in total. The van der Waals surface area contributed by atoms with Gasteiger partial charge in [-0.1, -0.05) is 23.7 Å². The number of rotatable bonds is 3. The van der Waals surface area contributed by atoms with Gasteiger partial charge in [0.2, 0.25) is 0 Å². The van der Waals surface area contributed by atoms with Crippen LogP contribution in [0.5, 0.6) is 5.75 Å². The molecular formula is C13H11ClINO. The first-order valence-electron chi connectivity index (χ1n) is 5.07. The minimum absolute atomic E-state index is 0.519. The average Bonchev–Trinajstić information content (AvgIpc) is 2.33. The zero-order chi connectivity index (χ0) is 12.3. The number of nitrogen functional groups attached to an aromatic ring is 1. The summed E-state index contributed by atoms with van der Waals surface area (Å²) < 4.78 is 6.84. The maximum atomic E-state index is 5.91. The van der Waals surface area contributed by atoms with Crippen LogP contribution in [0.15, 0.2) is 42.5 Å². The standard InChI is InChI=1S/C13H11ClINO/c14-12-7-11(5-6-13(12)16)17-8-9-1-3-10(15)4-2-9/h1-7H,8,16H2. The van der Waals surface area contributed by atoms with Gasteiger partial charge < -0.3 is 10.5 Å². The predicted octanol–water partition coefficient (Wildman–Crippen LogP) is 4.11. The minimum Gasteiger partial charge on any atom is -0.489 e. The SMILES string of the molecule is Nc1ccc(OCc2ccc(I)cc2)cc1Cl. The van der Waals surface area contributed by atoms with E-state index in [9.17, 15) is 0 Å². The molecule has 0 aromatic heterocycles. The van der Waals surface area contributed by atoms with Crippen LogP contribution in [0.2, 0.25) is 5.02 Å². The van der Waals surface area contributed by atoms with Crippen molar-refractivity contribution in [3.8, 4) is 5.75 Å². The molecule has 2 nitrogen and oxygen atoms in total. The Hall–Kier alpha value is -0.940. The number of hydrogen-bond acceptors (Lipinski definition) is 2. The van der Waals surface area contributed by atoms with Crippen molar-refractivity contribution in [3.05, 3.63) is 56.6 Å². The van der Waals surface area contributed by atoms with E-state index in [0.29, 0.717) is 17.3 Å². The molecule has 0 aliphatic carbocycles. The molecular weight excluding hydrogens is 349 g/mol. The number of ether oxygens (including phenoxy) is 1. The van der Waals surface area contributed by atoms with E-state index in [2.05, 4.69) is 34.7 Å². The fraction of sp³-hybridized carbons (Fsp3) is 0.0769. The van der Waals surface area contributed by atoms with Crippen molar-refractivity contribution in [3.63, 3.8) is 0 Å². The van der Waals surface area contributed by atoms with Gasteiger partial charge in [-0.2, -0.15) is 0 Å². The van der Waals surface area contributed by atoms with E-state index in [4.69, 9.17) is 22.1 Å². The summed E-state index contributed by atoms with van der Waals surface area (Å²) in [5.41, 5.74) is 7.31. The van der Waals surface area contributed by atoms with Crippen LogP contribution in [0.4, 0.5) is 5.69 Å². The summed E-state index contributed by atoms with van der Waals surface area (Å²) in [6.07, 6.45) is 0. The topological polar surface area (TPSA) is 35.2 Å². The second-order valence-corrected chi connectivity index (χ2v) is 5.25. The Morgan fingerprint density at radius 2 is 1.82 bits per heavy atom. The Kier molecular flexibility index (Phi) is 4.12. The highest BCUT2D eigenvalue weighted by atomic mass is 127. The van der Waals surface area contributed by atoms with Crippen LogP contribution in [0.25, 0.3) is 0 Å². The molecule has 17 heavy (non-hydrogen) atoms. The molecule has 0 unspecified atom stereocenters. The number of benzene rings is 2. The lowest BCUT2D eigenvalue weighted by molar-refractivity contribution is 0.306. The highest BCUT2D eigenvalue weighted by Gasteiger charge is 2.00. The lowest BCUT2D eigenvalue weighted by Gasteiger charge is -2.07. The molecule has 0 spiro atoms. The molecule has 2 aromatic carbocycles. The third-order valence-corrected chi connectivity index (χ3v) is 3.34.